The molecule has 0 aliphatic carbocycles. The first-order valence-corrected chi connectivity index (χ1v) is 6.78. The number of anilines is 1. The van der Waals surface area contributed by atoms with Crippen molar-refractivity contribution in [2.75, 3.05) is 11.9 Å². The lowest BCUT2D eigenvalue weighted by atomic mass is 9.82. The molecule has 0 bridgehead atoms. The van der Waals surface area contributed by atoms with E-state index in [9.17, 15) is 13.6 Å². The molecule has 6 heteroatoms. The topological polar surface area (TPSA) is 62.2 Å². The number of carbonyl (C=O) groups excluding carboxylic acids is 1. The SMILES string of the molecule is CC1(C)CNc2nc(-c3cc(F)c(O)c(F)c3)ccc2C1=O. The van der Waals surface area contributed by atoms with Gasteiger partial charge in [0, 0.05) is 17.5 Å². The van der Waals surface area contributed by atoms with Gasteiger partial charge >= 0.3 is 0 Å². The monoisotopic (exact) mass is 304 g/mol. The van der Waals surface area contributed by atoms with Gasteiger partial charge in [0.1, 0.15) is 5.82 Å². The number of phenols is 1. The summed E-state index contributed by atoms with van der Waals surface area (Å²) in [6.07, 6.45) is 0. The molecule has 2 N–H and O–H groups in total. The van der Waals surface area contributed by atoms with E-state index in [-0.39, 0.29) is 11.3 Å². The predicted molar refractivity (Wildman–Crippen MR) is 77.9 cm³/mol. The number of aromatic hydroxyl groups is 1. The van der Waals surface area contributed by atoms with Gasteiger partial charge < -0.3 is 10.4 Å². The number of nitrogens with zero attached hydrogens (tertiary/aromatic N) is 1. The van der Waals surface area contributed by atoms with Crippen LogP contribution in [0.15, 0.2) is 24.3 Å². The molecule has 1 aliphatic rings. The predicted octanol–water partition coefficient (Wildman–Crippen LogP) is 3.37. The highest BCUT2D eigenvalue weighted by Gasteiger charge is 2.35. The lowest BCUT2D eigenvalue weighted by Gasteiger charge is -2.30. The van der Waals surface area contributed by atoms with Gasteiger partial charge in [-0.2, -0.15) is 0 Å². The van der Waals surface area contributed by atoms with E-state index in [1.807, 2.05) is 13.8 Å². The van der Waals surface area contributed by atoms with Crippen LogP contribution in [0, 0.1) is 17.0 Å². The minimum Gasteiger partial charge on any atom is -0.503 e. The maximum absolute atomic E-state index is 13.4. The molecule has 4 nitrogen and oxygen atoms in total. The number of carbonyl (C=O) groups is 1. The summed E-state index contributed by atoms with van der Waals surface area (Å²) >= 11 is 0. The molecule has 0 amide bonds. The minimum atomic E-state index is -1.06. The zero-order chi connectivity index (χ0) is 16.1. The number of benzene rings is 1. The first-order chi connectivity index (χ1) is 10.3. The van der Waals surface area contributed by atoms with Crippen molar-refractivity contribution in [3.8, 4) is 17.0 Å². The van der Waals surface area contributed by atoms with Crippen molar-refractivity contribution in [3.05, 3.63) is 41.5 Å². The van der Waals surface area contributed by atoms with Crippen molar-refractivity contribution in [1.82, 2.24) is 4.98 Å². The molecule has 0 saturated carbocycles. The first kappa shape index (κ1) is 14.4. The second-order valence-corrected chi connectivity index (χ2v) is 5.95. The number of fused-ring (bicyclic) bond motifs is 1. The van der Waals surface area contributed by atoms with E-state index in [1.165, 1.54) is 6.07 Å². The van der Waals surface area contributed by atoms with Gasteiger partial charge in [-0.15, -0.1) is 0 Å². The summed E-state index contributed by atoms with van der Waals surface area (Å²) in [6.45, 7) is 4.11. The third kappa shape index (κ3) is 2.20. The summed E-state index contributed by atoms with van der Waals surface area (Å²) in [7, 11) is 0. The molecule has 1 aliphatic heterocycles. The highest BCUT2D eigenvalue weighted by Crippen LogP contribution is 2.33. The average Bonchev–Trinajstić information content (AvgIpc) is 2.48. The van der Waals surface area contributed by atoms with Crippen LogP contribution in [0.3, 0.4) is 0 Å². The van der Waals surface area contributed by atoms with Gasteiger partial charge in [0.05, 0.1) is 11.3 Å². The van der Waals surface area contributed by atoms with E-state index < -0.39 is 22.8 Å². The zero-order valence-electron chi connectivity index (χ0n) is 12.1. The van der Waals surface area contributed by atoms with Gasteiger partial charge in [0.2, 0.25) is 0 Å². The Morgan fingerprint density at radius 3 is 2.50 bits per heavy atom. The third-order valence-electron chi connectivity index (χ3n) is 3.76. The molecule has 0 unspecified atom stereocenters. The number of pyridine rings is 1. The quantitative estimate of drug-likeness (QED) is 0.848. The molecule has 0 fully saturated rings. The highest BCUT2D eigenvalue weighted by atomic mass is 19.1. The molecule has 0 radical (unpaired) electrons. The average molecular weight is 304 g/mol. The number of ketones is 1. The minimum absolute atomic E-state index is 0.0247. The fraction of sp³-hybridized carbons (Fsp3) is 0.250. The van der Waals surface area contributed by atoms with E-state index in [1.54, 1.807) is 6.07 Å². The molecule has 2 aromatic rings. The van der Waals surface area contributed by atoms with E-state index in [2.05, 4.69) is 10.3 Å². The molecule has 0 spiro atoms. The summed E-state index contributed by atoms with van der Waals surface area (Å²) in [5, 5.41) is 12.2. The first-order valence-electron chi connectivity index (χ1n) is 6.78. The van der Waals surface area contributed by atoms with E-state index in [0.717, 1.165) is 12.1 Å². The van der Waals surface area contributed by atoms with Crippen molar-refractivity contribution in [3.63, 3.8) is 0 Å². The number of halogens is 2. The smallest absolute Gasteiger partial charge is 0.187 e. The Labute approximate surface area is 125 Å². The van der Waals surface area contributed by atoms with Crippen molar-refractivity contribution in [2.24, 2.45) is 5.41 Å². The molecule has 3 rings (SSSR count). The second-order valence-electron chi connectivity index (χ2n) is 5.95. The molecule has 0 saturated heterocycles. The van der Waals surface area contributed by atoms with E-state index in [0.29, 0.717) is 23.6 Å². The molecule has 1 aromatic carbocycles. The summed E-state index contributed by atoms with van der Waals surface area (Å²) in [4.78, 5) is 16.6. The maximum Gasteiger partial charge on any atom is 0.187 e. The number of Topliss-reactive ketones (excluding diaryl/α,β-unsaturated/α-hetero) is 1. The Morgan fingerprint density at radius 2 is 1.86 bits per heavy atom. The Kier molecular flexibility index (Phi) is 3.12. The van der Waals surface area contributed by atoms with Crippen LogP contribution in [0.2, 0.25) is 0 Å². The van der Waals surface area contributed by atoms with Crippen LogP contribution in [0.4, 0.5) is 14.6 Å². The van der Waals surface area contributed by atoms with Gasteiger partial charge in [-0.25, -0.2) is 13.8 Å². The normalized spacial score (nSPS) is 16.1. The Hall–Kier alpha value is -2.50. The van der Waals surface area contributed by atoms with Gasteiger partial charge in [-0.1, -0.05) is 13.8 Å². The van der Waals surface area contributed by atoms with Crippen LogP contribution in [0.25, 0.3) is 11.3 Å². The van der Waals surface area contributed by atoms with Crippen LogP contribution >= 0.6 is 0 Å². The lowest BCUT2D eigenvalue weighted by Crippen LogP contribution is -2.37. The fourth-order valence-electron chi connectivity index (χ4n) is 2.40. The maximum atomic E-state index is 13.4. The number of hydrogen-bond acceptors (Lipinski definition) is 4. The van der Waals surface area contributed by atoms with Gasteiger partial charge in [0.15, 0.2) is 23.2 Å². The third-order valence-corrected chi connectivity index (χ3v) is 3.76. The van der Waals surface area contributed by atoms with E-state index >= 15 is 0 Å². The largest absolute Gasteiger partial charge is 0.503 e. The highest BCUT2D eigenvalue weighted by molar-refractivity contribution is 6.06. The van der Waals surface area contributed by atoms with Crippen molar-refractivity contribution >= 4 is 11.6 Å². The van der Waals surface area contributed by atoms with Crippen molar-refractivity contribution < 1.29 is 18.7 Å². The van der Waals surface area contributed by atoms with Crippen molar-refractivity contribution in [2.45, 2.75) is 13.8 Å². The number of phenolic OH excluding ortho intramolecular Hbond substituents is 1. The summed E-state index contributed by atoms with van der Waals surface area (Å²) in [6, 6.07) is 5.13. The molecule has 22 heavy (non-hydrogen) atoms. The molecule has 2 heterocycles. The zero-order valence-corrected chi connectivity index (χ0v) is 12.1. The number of aromatic nitrogens is 1. The molecule has 1 aromatic heterocycles. The van der Waals surface area contributed by atoms with Gasteiger partial charge in [-0.05, 0) is 24.3 Å². The molecular weight excluding hydrogens is 290 g/mol. The standard InChI is InChI=1S/C16H14F2N2O2/c1-16(2)7-19-15-9(14(16)22)3-4-12(20-15)8-5-10(17)13(21)11(18)6-8/h3-6,21H,7H2,1-2H3,(H,19,20). The lowest BCUT2D eigenvalue weighted by molar-refractivity contribution is 0.0844. The Morgan fingerprint density at radius 1 is 1.23 bits per heavy atom. The number of hydrogen-bond donors (Lipinski definition) is 2. The molecule has 114 valence electrons. The Bertz CT molecular complexity index is 765. The fourth-order valence-corrected chi connectivity index (χ4v) is 2.40. The van der Waals surface area contributed by atoms with Crippen LogP contribution in [-0.4, -0.2) is 22.4 Å². The summed E-state index contributed by atoms with van der Waals surface area (Å²) in [5.41, 5.74) is 0.443. The Balaban J connectivity index is 2.07. The van der Waals surface area contributed by atoms with E-state index in [4.69, 9.17) is 5.11 Å². The van der Waals surface area contributed by atoms with Crippen LogP contribution in [0.1, 0.15) is 24.2 Å². The van der Waals surface area contributed by atoms with Crippen LogP contribution in [0.5, 0.6) is 5.75 Å². The summed E-state index contributed by atoms with van der Waals surface area (Å²) in [5.74, 6) is -2.75. The number of nitrogens with one attached hydrogen (secondary N) is 1. The van der Waals surface area contributed by atoms with Crippen LogP contribution < -0.4 is 5.32 Å². The van der Waals surface area contributed by atoms with Crippen molar-refractivity contribution in [1.29, 1.82) is 0 Å². The van der Waals surface area contributed by atoms with Gasteiger partial charge in [0.25, 0.3) is 0 Å². The molecular formula is C16H14F2N2O2. The second kappa shape index (κ2) is 4.76. The molecule has 0 atom stereocenters. The summed E-state index contributed by atoms with van der Waals surface area (Å²) < 4.78 is 26.9. The van der Waals surface area contributed by atoms with Gasteiger partial charge in [-0.3, -0.25) is 4.79 Å². The van der Waals surface area contributed by atoms with Crippen LogP contribution in [-0.2, 0) is 0 Å². The number of rotatable bonds is 1.